The lowest BCUT2D eigenvalue weighted by atomic mass is 9.95. The van der Waals surface area contributed by atoms with Crippen molar-refractivity contribution < 1.29 is 9.72 Å². The molecular weight excluding hydrogens is 318 g/mol. The second-order valence-corrected chi connectivity index (χ2v) is 5.21. The van der Waals surface area contributed by atoms with Crippen LogP contribution in [0.4, 0.5) is 11.4 Å². The van der Waals surface area contributed by atoms with Crippen LogP contribution in [0.2, 0.25) is 5.02 Å². The molecule has 0 spiro atoms. The molecule has 0 saturated heterocycles. The van der Waals surface area contributed by atoms with Crippen LogP contribution in [0.5, 0.6) is 0 Å². The largest absolute Gasteiger partial charge is 0.295 e. The number of anilines is 1. The van der Waals surface area contributed by atoms with Crippen molar-refractivity contribution in [3.05, 3.63) is 74.8 Å². The lowest BCUT2D eigenvalue weighted by Crippen LogP contribution is -2.19. The third kappa shape index (κ3) is 2.97. The van der Waals surface area contributed by atoms with E-state index in [1.54, 1.807) is 18.2 Å². The van der Waals surface area contributed by atoms with E-state index in [0.717, 1.165) is 5.56 Å². The molecule has 1 N–H and O–H groups in total. The Labute approximate surface area is 136 Å². The summed E-state index contributed by atoms with van der Waals surface area (Å²) in [6, 6.07) is 11.5. The Hall–Kier alpha value is -2.99. The van der Waals surface area contributed by atoms with E-state index in [1.165, 1.54) is 24.3 Å². The van der Waals surface area contributed by atoms with Crippen molar-refractivity contribution >= 4 is 40.5 Å². The molecule has 23 heavy (non-hydrogen) atoms. The highest BCUT2D eigenvalue weighted by Crippen LogP contribution is 2.28. The van der Waals surface area contributed by atoms with Gasteiger partial charge in [-0.05, 0) is 23.8 Å². The number of nitro benzene ring substituents is 1. The molecule has 0 amide bonds. The van der Waals surface area contributed by atoms with Crippen LogP contribution >= 0.6 is 11.6 Å². The van der Waals surface area contributed by atoms with Crippen LogP contribution in [0.15, 0.2) is 53.6 Å². The number of halogens is 1. The molecule has 7 heteroatoms. The maximum absolute atomic E-state index is 12.0. The number of ketones is 1. The Morgan fingerprint density at radius 2 is 1.91 bits per heavy atom. The van der Waals surface area contributed by atoms with E-state index < -0.39 is 4.92 Å². The van der Waals surface area contributed by atoms with Gasteiger partial charge in [0.25, 0.3) is 5.69 Å². The molecule has 114 valence electrons. The van der Waals surface area contributed by atoms with E-state index in [4.69, 9.17) is 11.6 Å². The quantitative estimate of drug-likeness (QED) is 0.688. The van der Waals surface area contributed by atoms with E-state index in [1.807, 2.05) is 12.1 Å². The molecule has 0 aromatic heterocycles. The third-order valence-electron chi connectivity index (χ3n) is 3.31. The molecule has 1 aliphatic rings. The molecule has 1 aliphatic carbocycles. The van der Waals surface area contributed by atoms with Crippen LogP contribution in [-0.4, -0.2) is 16.4 Å². The first-order valence-electron chi connectivity index (χ1n) is 6.66. The monoisotopic (exact) mass is 327 g/mol. The van der Waals surface area contributed by atoms with Crippen LogP contribution < -0.4 is 5.43 Å². The molecule has 0 radical (unpaired) electrons. The number of hydrogen-bond donors (Lipinski definition) is 1. The number of nitrogens with zero attached hydrogens (tertiary/aromatic N) is 2. The fourth-order valence-corrected chi connectivity index (χ4v) is 2.38. The molecule has 6 nitrogen and oxygen atoms in total. The lowest BCUT2D eigenvalue weighted by Gasteiger charge is -2.12. The van der Waals surface area contributed by atoms with E-state index in [2.05, 4.69) is 10.5 Å². The van der Waals surface area contributed by atoms with Gasteiger partial charge in [0.05, 0.1) is 4.92 Å². The highest BCUT2D eigenvalue weighted by molar-refractivity contribution is 6.52. The number of fused-ring (bicyclic) bond motifs is 1. The van der Waals surface area contributed by atoms with Gasteiger partial charge in [-0.1, -0.05) is 41.9 Å². The Bertz CT molecular complexity index is 875. The van der Waals surface area contributed by atoms with Crippen molar-refractivity contribution in [2.24, 2.45) is 5.10 Å². The summed E-state index contributed by atoms with van der Waals surface area (Å²) in [4.78, 5) is 22.5. The minimum atomic E-state index is -0.565. The molecule has 2 aromatic carbocycles. The molecule has 0 aliphatic heterocycles. The number of hydrazone groups is 1. The first-order chi connectivity index (χ1) is 11.1. The first-order valence-corrected chi connectivity index (χ1v) is 7.03. The number of carbonyl (C=O) groups excluding carboxylic acids is 1. The van der Waals surface area contributed by atoms with Crippen molar-refractivity contribution in [3.63, 3.8) is 0 Å². The van der Waals surface area contributed by atoms with Gasteiger partial charge >= 0.3 is 0 Å². The highest BCUT2D eigenvalue weighted by atomic mass is 35.5. The van der Waals surface area contributed by atoms with E-state index >= 15 is 0 Å². The van der Waals surface area contributed by atoms with Gasteiger partial charge in [0, 0.05) is 16.7 Å². The van der Waals surface area contributed by atoms with E-state index in [9.17, 15) is 14.9 Å². The van der Waals surface area contributed by atoms with Gasteiger partial charge in [-0.3, -0.25) is 20.3 Å². The molecule has 0 fully saturated rings. The molecule has 0 heterocycles. The molecule has 0 saturated carbocycles. The van der Waals surface area contributed by atoms with Gasteiger partial charge in [-0.25, -0.2) is 0 Å². The molecule has 0 bridgehead atoms. The number of benzene rings is 2. The van der Waals surface area contributed by atoms with Crippen LogP contribution in [0.1, 0.15) is 11.1 Å². The zero-order chi connectivity index (χ0) is 16.4. The summed E-state index contributed by atoms with van der Waals surface area (Å²) in [7, 11) is 0. The van der Waals surface area contributed by atoms with Gasteiger partial charge < -0.3 is 0 Å². The van der Waals surface area contributed by atoms with Crippen LogP contribution in [0.25, 0.3) is 6.08 Å². The van der Waals surface area contributed by atoms with Crippen LogP contribution in [0.3, 0.4) is 0 Å². The van der Waals surface area contributed by atoms with Gasteiger partial charge in [0.2, 0.25) is 5.78 Å². The Morgan fingerprint density at radius 3 is 2.70 bits per heavy atom. The average Bonchev–Trinajstić information content (AvgIpc) is 2.54. The third-order valence-corrected chi connectivity index (χ3v) is 3.54. The first kappa shape index (κ1) is 14.9. The molecular formula is C16H10ClN3O3. The Morgan fingerprint density at radius 1 is 1.13 bits per heavy atom. The molecule has 3 rings (SSSR count). The topological polar surface area (TPSA) is 84.6 Å². The minimum absolute atomic E-state index is 0.159. The van der Waals surface area contributed by atoms with Gasteiger partial charge in [0.15, 0.2) is 0 Å². The van der Waals surface area contributed by atoms with Gasteiger partial charge in [-0.2, -0.15) is 5.10 Å². The summed E-state index contributed by atoms with van der Waals surface area (Å²) in [6.45, 7) is 0. The van der Waals surface area contributed by atoms with Crippen LogP contribution in [0, 0.1) is 10.1 Å². The number of nitrogens with one attached hydrogen (secondary N) is 1. The molecule has 0 atom stereocenters. The standard InChI is InChI=1S/C16H10ClN3O3/c17-11-6-7-13(14(9-11)20(22)23)18-19-16-12-4-2-1-3-10(12)5-8-15(16)21/h1-9,18H/b19-16-. The van der Waals surface area contributed by atoms with Crippen molar-refractivity contribution in [1.29, 1.82) is 0 Å². The summed E-state index contributed by atoms with van der Waals surface area (Å²) in [6.07, 6.45) is 3.13. The fraction of sp³-hybridized carbons (Fsp3) is 0. The zero-order valence-electron chi connectivity index (χ0n) is 11.7. The maximum atomic E-state index is 12.0. The van der Waals surface area contributed by atoms with Gasteiger partial charge in [-0.15, -0.1) is 0 Å². The molecule has 2 aromatic rings. The summed E-state index contributed by atoms with van der Waals surface area (Å²) >= 11 is 5.77. The second kappa shape index (κ2) is 6.02. The summed E-state index contributed by atoms with van der Waals surface area (Å²) in [5.74, 6) is -0.271. The number of rotatable bonds is 3. The maximum Gasteiger partial charge on any atom is 0.295 e. The SMILES string of the molecule is O=C1C=Cc2ccccc2/C1=N/Nc1ccc(Cl)cc1[N+](=O)[O-]. The lowest BCUT2D eigenvalue weighted by molar-refractivity contribution is -0.383. The number of hydrogen-bond acceptors (Lipinski definition) is 5. The van der Waals surface area contributed by atoms with Gasteiger partial charge in [0.1, 0.15) is 11.4 Å². The van der Waals surface area contributed by atoms with Crippen molar-refractivity contribution in [2.75, 3.05) is 5.43 Å². The summed E-state index contributed by atoms with van der Waals surface area (Å²) in [5, 5.41) is 15.4. The minimum Gasteiger partial charge on any atom is -0.287 e. The fourth-order valence-electron chi connectivity index (χ4n) is 2.22. The van der Waals surface area contributed by atoms with Crippen molar-refractivity contribution in [3.8, 4) is 0 Å². The van der Waals surface area contributed by atoms with Crippen molar-refractivity contribution in [2.45, 2.75) is 0 Å². The number of allylic oxidation sites excluding steroid dienone is 1. The predicted octanol–water partition coefficient (Wildman–Crippen LogP) is 3.66. The smallest absolute Gasteiger partial charge is 0.287 e. The molecule has 0 unspecified atom stereocenters. The van der Waals surface area contributed by atoms with Crippen molar-refractivity contribution in [1.82, 2.24) is 0 Å². The van der Waals surface area contributed by atoms with E-state index in [0.29, 0.717) is 5.56 Å². The average molecular weight is 328 g/mol. The van der Waals surface area contributed by atoms with E-state index in [-0.39, 0.29) is 27.9 Å². The normalized spacial score (nSPS) is 14.7. The summed E-state index contributed by atoms with van der Waals surface area (Å²) in [5.41, 5.74) is 4.27. The number of nitro groups is 1. The summed E-state index contributed by atoms with van der Waals surface area (Å²) < 4.78 is 0. The highest BCUT2D eigenvalue weighted by Gasteiger charge is 2.20. The van der Waals surface area contributed by atoms with Crippen LogP contribution in [-0.2, 0) is 4.79 Å². The number of carbonyl (C=O) groups is 1. The predicted molar refractivity (Wildman–Crippen MR) is 88.7 cm³/mol. The Kier molecular flexibility index (Phi) is 3.91. The Balaban J connectivity index is 1.99. The second-order valence-electron chi connectivity index (χ2n) is 4.78. The zero-order valence-corrected chi connectivity index (χ0v) is 12.4.